The van der Waals surface area contributed by atoms with Gasteiger partial charge in [-0.1, -0.05) is 81.4 Å². The Hall–Kier alpha value is -3.12. The van der Waals surface area contributed by atoms with Crippen molar-refractivity contribution >= 4 is 21.6 Å². The largest absolute Gasteiger partial charge is 0.348 e. The molecule has 6 heteroatoms. The number of anilines is 1. The molecule has 0 aliphatic carbocycles. The van der Waals surface area contributed by atoms with Gasteiger partial charge in [0.15, 0.2) is 0 Å². The first-order chi connectivity index (χ1) is 15.3. The molecule has 0 spiro atoms. The number of sulfonamides is 1. The fraction of sp³-hybridized carbons (Fsp3) is 0.269. The van der Waals surface area contributed by atoms with Crippen molar-refractivity contribution in [1.29, 1.82) is 0 Å². The van der Waals surface area contributed by atoms with Crippen molar-refractivity contribution in [3.05, 3.63) is 96.1 Å². The van der Waals surface area contributed by atoms with Crippen molar-refractivity contribution in [2.24, 2.45) is 0 Å². The lowest BCUT2D eigenvalue weighted by atomic mass is 10.0. The number of hydrogen-bond acceptors (Lipinski definition) is 3. The lowest BCUT2D eigenvalue weighted by molar-refractivity contribution is -0.120. The van der Waals surface area contributed by atoms with Crippen LogP contribution in [0.5, 0.6) is 0 Å². The van der Waals surface area contributed by atoms with Gasteiger partial charge in [0.2, 0.25) is 5.91 Å². The lowest BCUT2D eigenvalue weighted by Crippen LogP contribution is -2.42. The molecule has 0 saturated heterocycles. The Morgan fingerprint density at radius 1 is 0.844 bits per heavy atom. The predicted molar refractivity (Wildman–Crippen MR) is 129 cm³/mol. The summed E-state index contributed by atoms with van der Waals surface area (Å²) in [5.74, 6) is -0.0316. The van der Waals surface area contributed by atoms with E-state index < -0.39 is 10.0 Å². The van der Waals surface area contributed by atoms with Crippen LogP contribution >= 0.6 is 0 Å². The summed E-state index contributed by atoms with van der Waals surface area (Å²) in [6.45, 7) is 5.84. The van der Waals surface area contributed by atoms with Gasteiger partial charge in [-0.3, -0.25) is 9.10 Å². The van der Waals surface area contributed by atoms with E-state index in [-0.39, 0.29) is 23.4 Å². The number of rotatable bonds is 9. The number of nitrogens with one attached hydrogen (secondary N) is 1. The van der Waals surface area contributed by atoms with Gasteiger partial charge < -0.3 is 5.32 Å². The maximum absolute atomic E-state index is 13.5. The monoisotopic (exact) mass is 450 g/mol. The van der Waals surface area contributed by atoms with Crippen LogP contribution in [-0.4, -0.2) is 20.9 Å². The molecule has 0 radical (unpaired) electrons. The smallest absolute Gasteiger partial charge is 0.264 e. The van der Waals surface area contributed by atoms with Gasteiger partial charge in [0, 0.05) is 0 Å². The third kappa shape index (κ3) is 5.56. The van der Waals surface area contributed by atoms with E-state index in [1.807, 2.05) is 49.4 Å². The summed E-state index contributed by atoms with van der Waals surface area (Å²) in [7, 11) is -3.92. The summed E-state index contributed by atoms with van der Waals surface area (Å²) in [5, 5.41) is 2.99. The van der Waals surface area contributed by atoms with Gasteiger partial charge in [-0.25, -0.2) is 8.42 Å². The summed E-state index contributed by atoms with van der Waals surface area (Å²) >= 11 is 0. The summed E-state index contributed by atoms with van der Waals surface area (Å²) in [4.78, 5) is 13.2. The molecule has 0 aliphatic heterocycles. The van der Waals surface area contributed by atoms with Gasteiger partial charge in [0.25, 0.3) is 10.0 Å². The first kappa shape index (κ1) is 23.5. The van der Waals surface area contributed by atoms with Gasteiger partial charge in [0.1, 0.15) is 6.54 Å². The van der Waals surface area contributed by atoms with Gasteiger partial charge in [-0.15, -0.1) is 0 Å². The Morgan fingerprint density at radius 3 is 1.94 bits per heavy atom. The normalized spacial score (nSPS) is 12.4. The minimum absolute atomic E-state index is 0.149. The molecule has 168 valence electrons. The molecular weight excluding hydrogens is 420 g/mol. The van der Waals surface area contributed by atoms with Crippen LogP contribution in [-0.2, 0) is 14.8 Å². The summed E-state index contributed by atoms with van der Waals surface area (Å²) in [6.07, 6.45) is 0.699. The highest BCUT2D eigenvalue weighted by Gasteiger charge is 2.28. The third-order valence-corrected chi connectivity index (χ3v) is 7.20. The lowest BCUT2D eigenvalue weighted by Gasteiger charge is -2.26. The molecule has 1 amide bonds. The van der Waals surface area contributed by atoms with Crippen LogP contribution in [0.15, 0.2) is 89.8 Å². The van der Waals surface area contributed by atoms with Crippen molar-refractivity contribution < 1.29 is 13.2 Å². The van der Waals surface area contributed by atoms with E-state index in [2.05, 4.69) is 19.2 Å². The van der Waals surface area contributed by atoms with E-state index in [9.17, 15) is 13.2 Å². The maximum Gasteiger partial charge on any atom is 0.264 e. The highest BCUT2D eigenvalue weighted by Crippen LogP contribution is 2.26. The second-order valence-corrected chi connectivity index (χ2v) is 9.87. The second kappa shape index (κ2) is 10.5. The molecule has 0 fully saturated rings. The summed E-state index contributed by atoms with van der Waals surface area (Å²) < 4.78 is 28.1. The molecule has 0 bridgehead atoms. The van der Waals surface area contributed by atoms with Crippen molar-refractivity contribution in [1.82, 2.24) is 5.32 Å². The molecule has 3 rings (SSSR count). The number of benzene rings is 3. The van der Waals surface area contributed by atoms with E-state index in [1.165, 1.54) is 4.31 Å². The van der Waals surface area contributed by atoms with Crippen LogP contribution < -0.4 is 9.62 Å². The Kier molecular flexibility index (Phi) is 7.70. The van der Waals surface area contributed by atoms with Crippen molar-refractivity contribution in [3.8, 4) is 0 Å². The quantitative estimate of drug-likeness (QED) is 0.483. The van der Waals surface area contributed by atoms with Crippen LogP contribution in [0.1, 0.15) is 50.3 Å². The molecule has 0 aliphatic rings. The summed E-state index contributed by atoms with van der Waals surface area (Å²) in [6, 6.07) is 25.0. The number of amides is 1. The highest BCUT2D eigenvalue weighted by atomic mass is 32.2. The zero-order valence-electron chi connectivity index (χ0n) is 18.7. The van der Waals surface area contributed by atoms with Crippen LogP contribution in [0.4, 0.5) is 5.69 Å². The number of hydrogen-bond donors (Lipinski definition) is 1. The Balaban J connectivity index is 1.91. The van der Waals surface area contributed by atoms with E-state index in [1.54, 1.807) is 42.5 Å². The first-order valence-electron chi connectivity index (χ1n) is 10.8. The predicted octanol–water partition coefficient (Wildman–Crippen LogP) is 5.27. The highest BCUT2D eigenvalue weighted by molar-refractivity contribution is 7.92. The molecule has 5 nitrogen and oxygen atoms in total. The minimum Gasteiger partial charge on any atom is -0.348 e. The fourth-order valence-corrected chi connectivity index (χ4v) is 4.98. The Morgan fingerprint density at radius 2 is 1.41 bits per heavy atom. The zero-order chi connectivity index (χ0) is 23.1. The van der Waals surface area contributed by atoms with E-state index in [0.29, 0.717) is 18.0 Å². The van der Waals surface area contributed by atoms with E-state index >= 15 is 0 Å². The fourth-order valence-electron chi connectivity index (χ4n) is 3.54. The van der Waals surface area contributed by atoms with Crippen LogP contribution in [0.2, 0.25) is 0 Å². The number of carbonyl (C=O) groups excluding carboxylic acids is 1. The standard InChI is InChI=1S/C26H30N2O3S/c1-4-25(22-11-7-5-8-12-22)27-26(29)19-28(23-17-15-21(16-18-23)20(2)3)32(30,31)24-13-9-6-10-14-24/h5-18,20,25H,4,19H2,1-3H3,(H,27,29). The molecule has 32 heavy (non-hydrogen) atoms. The topological polar surface area (TPSA) is 66.5 Å². The molecule has 3 aromatic rings. The SMILES string of the molecule is CCC(NC(=O)CN(c1ccc(C(C)C)cc1)S(=O)(=O)c1ccccc1)c1ccccc1. The van der Waals surface area contributed by atoms with Crippen molar-refractivity contribution in [2.45, 2.75) is 44.0 Å². The van der Waals surface area contributed by atoms with E-state index in [4.69, 9.17) is 0 Å². The molecule has 1 N–H and O–H groups in total. The van der Waals surface area contributed by atoms with E-state index in [0.717, 1.165) is 11.1 Å². The average Bonchev–Trinajstić information content (AvgIpc) is 2.82. The van der Waals surface area contributed by atoms with Crippen molar-refractivity contribution in [3.63, 3.8) is 0 Å². The third-order valence-electron chi connectivity index (χ3n) is 5.41. The van der Waals surface area contributed by atoms with Crippen LogP contribution in [0, 0.1) is 0 Å². The Labute approximate surface area is 191 Å². The molecule has 0 saturated carbocycles. The zero-order valence-corrected chi connectivity index (χ0v) is 19.5. The molecule has 3 aromatic carbocycles. The first-order valence-corrected chi connectivity index (χ1v) is 12.3. The van der Waals surface area contributed by atoms with Gasteiger partial charge in [0.05, 0.1) is 16.6 Å². The minimum atomic E-state index is -3.92. The van der Waals surface area contributed by atoms with Gasteiger partial charge >= 0.3 is 0 Å². The summed E-state index contributed by atoms with van der Waals surface area (Å²) in [5.41, 5.74) is 2.55. The Bertz CT molecular complexity index is 1110. The molecule has 0 aromatic heterocycles. The molecular formula is C26H30N2O3S. The van der Waals surface area contributed by atoms with Crippen LogP contribution in [0.25, 0.3) is 0 Å². The van der Waals surface area contributed by atoms with Crippen LogP contribution in [0.3, 0.4) is 0 Å². The molecule has 0 heterocycles. The molecule has 1 unspecified atom stereocenters. The molecule has 1 atom stereocenters. The van der Waals surface area contributed by atoms with Crippen molar-refractivity contribution in [2.75, 3.05) is 10.8 Å². The second-order valence-electron chi connectivity index (χ2n) is 8.01. The maximum atomic E-state index is 13.5. The van der Waals surface area contributed by atoms with Gasteiger partial charge in [-0.2, -0.15) is 0 Å². The van der Waals surface area contributed by atoms with Gasteiger partial charge in [-0.05, 0) is 47.7 Å². The average molecular weight is 451 g/mol. The number of carbonyl (C=O) groups is 1. The number of nitrogens with zero attached hydrogens (tertiary/aromatic N) is 1.